The molecule has 1 unspecified atom stereocenters. The van der Waals surface area contributed by atoms with Crippen LogP contribution in [0, 0.1) is 0 Å². The second kappa shape index (κ2) is 7.14. The molecule has 0 spiro atoms. The SMILES string of the molecule is O=C1N=S(=O)([O-])c2ccccc21.O=C1[N-]S(=O)(=O)c2ccccc21.[Ca+2]. The Morgan fingerprint density at radius 2 is 1.36 bits per heavy atom. The fourth-order valence-corrected chi connectivity index (χ4v) is 4.35. The Hall–Kier alpha value is -1.30. The second-order valence-electron chi connectivity index (χ2n) is 4.74. The molecular weight excluding hydrogens is 396 g/mol. The third kappa shape index (κ3) is 3.78. The molecule has 0 saturated heterocycles. The van der Waals surface area contributed by atoms with Crippen LogP contribution in [0.2, 0.25) is 0 Å². The number of amides is 2. The zero-order valence-corrected chi connectivity index (χ0v) is 16.3. The number of benzene rings is 2. The zero-order chi connectivity index (χ0) is 17.5. The predicted octanol–water partition coefficient (Wildman–Crippen LogP) is 1.32. The normalized spacial score (nSPS) is 21.6. The molecule has 8 nitrogen and oxygen atoms in total. The van der Waals surface area contributed by atoms with E-state index in [1.807, 2.05) is 0 Å². The maximum absolute atomic E-state index is 11.1. The van der Waals surface area contributed by atoms with Gasteiger partial charge in [0, 0.05) is 20.5 Å². The Kier molecular flexibility index (Phi) is 5.71. The topological polar surface area (TPSA) is 135 Å². The summed E-state index contributed by atoms with van der Waals surface area (Å²) in [7, 11) is -7.36. The van der Waals surface area contributed by atoms with E-state index in [1.165, 1.54) is 24.3 Å². The molecule has 2 aliphatic rings. The molecule has 0 aromatic heterocycles. The van der Waals surface area contributed by atoms with Gasteiger partial charge in [-0.25, -0.2) is 8.42 Å². The molecule has 124 valence electrons. The summed E-state index contributed by atoms with van der Waals surface area (Å²) in [6.45, 7) is 0. The summed E-state index contributed by atoms with van der Waals surface area (Å²) in [5.74, 6) is -1.35. The van der Waals surface area contributed by atoms with Crippen molar-refractivity contribution in [3.8, 4) is 0 Å². The van der Waals surface area contributed by atoms with Crippen LogP contribution in [0.15, 0.2) is 62.7 Å². The number of hydrogen-bond acceptors (Lipinski definition) is 6. The number of carbonyl (C=O) groups is 2. The van der Waals surface area contributed by atoms with Crippen LogP contribution in [0.3, 0.4) is 0 Å². The number of fused-ring (bicyclic) bond motifs is 2. The monoisotopic (exact) mass is 404 g/mol. The van der Waals surface area contributed by atoms with Crippen molar-refractivity contribution in [2.45, 2.75) is 9.79 Å². The second-order valence-corrected chi connectivity index (χ2v) is 7.88. The average molecular weight is 404 g/mol. The molecule has 0 radical (unpaired) electrons. The summed E-state index contributed by atoms with van der Waals surface area (Å²) in [5, 5.41) is 0. The summed E-state index contributed by atoms with van der Waals surface area (Å²) >= 11 is 0. The first-order valence-electron chi connectivity index (χ1n) is 6.45. The summed E-state index contributed by atoms with van der Waals surface area (Å²) in [6, 6.07) is 12.0. The number of nitrogens with zero attached hydrogens (tertiary/aromatic N) is 2. The minimum Gasteiger partial charge on any atom is -0.760 e. The molecule has 11 heteroatoms. The van der Waals surface area contributed by atoms with Gasteiger partial charge in [0.2, 0.25) is 0 Å². The van der Waals surface area contributed by atoms with Crippen LogP contribution in [0.4, 0.5) is 0 Å². The van der Waals surface area contributed by atoms with Crippen LogP contribution in [0.5, 0.6) is 0 Å². The molecule has 2 aromatic carbocycles. The van der Waals surface area contributed by atoms with E-state index in [0.717, 1.165) is 0 Å². The molecular formula is C14H8CaN2O6S2. The Morgan fingerprint density at radius 3 is 1.92 bits per heavy atom. The maximum Gasteiger partial charge on any atom is 2.00 e. The summed E-state index contributed by atoms with van der Waals surface area (Å²) in [6.07, 6.45) is 0. The van der Waals surface area contributed by atoms with Crippen LogP contribution in [-0.4, -0.2) is 66.7 Å². The molecule has 0 saturated carbocycles. The molecule has 2 aromatic rings. The van der Waals surface area contributed by atoms with Gasteiger partial charge in [-0.15, -0.1) is 0 Å². The summed E-state index contributed by atoms with van der Waals surface area (Å²) < 4.78 is 50.3. The van der Waals surface area contributed by atoms with E-state index in [4.69, 9.17) is 0 Å². The van der Waals surface area contributed by atoms with Gasteiger partial charge >= 0.3 is 37.7 Å². The minimum atomic E-state index is -3.68. The van der Waals surface area contributed by atoms with Gasteiger partial charge in [-0.3, -0.25) is 9.00 Å². The maximum atomic E-state index is 11.1. The van der Waals surface area contributed by atoms with E-state index >= 15 is 0 Å². The first kappa shape index (κ1) is 20.0. The number of rotatable bonds is 0. The zero-order valence-electron chi connectivity index (χ0n) is 12.5. The van der Waals surface area contributed by atoms with Gasteiger partial charge < -0.3 is 14.1 Å². The van der Waals surface area contributed by atoms with Crippen LogP contribution in [0.1, 0.15) is 20.7 Å². The third-order valence-corrected chi connectivity index (χ3v) is 5.83. The van der Waals surface area contributed by atoms with Crippen LogP contribution < -0.4 is 0 Å². The first-order valence-corrected chi connectivity index (χ1v) is 9.33. The standard InChI is InChI=1S/2C7H5NO3S.Ca/c2*9-7-5-3-1-2-4-6(5)12(10,11)8-7;/h1-4H,(H,8,9,10,11);1-4H,(H,8,9);/q;;+2/p-2. The van der Waals surface area contributed by atoms with Gasteiger partial charge in [0.05, 0.1) is 16.4 Å². The minimum absolute atomic E-state index is 0. The van der Waals surface area contributed by atoms with Gasteiger partial charge in [-0.1, -0.05) is 30.3 Å². The smallest absolute Gasteiger partial charge is 0.760 e. The van der Waals surface area contributed by atoms with Gasteiger partial charge in [0.25, 0.3) is 5.91 Å². The van der Waals surface area contributed by atoms with E-state index < -0.39 is 31.8 Å². The predicted molar refractivity (Wildman–Crippen MR) is 87.5 cm³/mol. The quantitative estimate of drug-likeness (QED) is 0.608. The molecule has 4 rings (SSSR count). The van der Waals surface area contributed by atoms with Crippen molar-refractivity contribution in [2.75, 3.05) is 0 Å². The van der Waals surface area contributed by atoms with Crippen LogP contribution >= 0.6 is 0 Å². The summed E-state index contributed by atoms with van der Waals surface area (Å²) in [5.41, 5.74) is 0.329. The Morgan fingerprint density at radius 1 is 0.840 bits per heavy atom. The van der Waals surface area contributed by atoms with E-state index in [0.29, 0.717) is 0 Å². The van der Waals surface area contributed by atoms with Gasteiger partial charge in [0.15, 0.2) is 0 Å². The van der Waals surface area contributed by atoms with Crippen molar-refractivity contribution in [1.82, 2.24) is 0 Å². The molecule has 2 heterocycles. The number of sulfonamides is 1. The van der Waals surface area contributed by atoms with E-state index in [9.17, 15) is 26.8 Å². The van der Waals surface area contributed by atoms with Gasteiger partial charge in [0.1, 0.15) is 10.0 Å². The molecule has 0 bridgehead atoms. The fourth-order valence-electron chi connectivity index (χ4n) is 2.15. The summed E-state index contributed by atoms with van der Waals surface area (Å²) in [4.78, 5) is 21.9. The van der Waals surface area contributed by atoms with E-state index in [1.54, 1.807) is 24.3 Å². The Labute approximate surface area is 173 Å². The van der Waals surface area contributed by atoms with E-state index in [-0.39, 0.29) is 58.7 Å². The largest absolute Gasteiger partial charge is 2.00 e. The van der Waals surface area contributed by atoms with E-state index in [2.05, 4.69) is 9.08 Å². The van der Waals surface area contributed by atoms with Gasteiger partial charge in [-0.2, -0.15) is 4.36 Å². The molecule has 2 amide bonds. The number of hydrogen-bond donors (Lipinski definition) is 0. The molecule has 0 fully saturated rings. The van der Waals surface area contributed by atoms with Gasteiger partial charge in [-0.05, 0) is 18.2 Å². The van der Waals surface area contributed by atoms with Crippen LogP contribution in [0.25, 0.3) is 4.72 Å². The van der Waals surface area contributed by atoms with Crippen LogP contribution in [-0.2, 0) is 20.0 Å². The average Bonchev–Trinajstić information content (AvgIpc) is 2.91. The Balaban J connectivity index is 0.000000173. The van der Waals surface area contributed by atoms with Crippen molar-refractivity contribution in [3.05, 3.63) is 64.4 Å². The fraction of sp³-hybridized carbons (Fsp3) is 0. The molecule has 0 aliphatic carbocycles. The molecule has 2 aliphatic heterocycles. The van der Waals surface area contributed by atoms with Crippen molar-refractivity contribution < 1.29 is 26.8 Å². The molecule has 1 atom stereocenters. The Bertz CT molecular complexity index is 1100. The first-order chi connectivity index (χ1) is 11.2. The third-order valence-electron chi connectivity index (χ3n) is 3.20. The van der Waals surface area contributed by atoms with Crippen molar-refractivity contribution in [2.24, 2.45) is 4.36 Å². The van der Waals surface area contributed by atoms with Crippen molar-refractivity contribution in [3.63, 3.8) is 0 Å². The van der Waals surface area contributed by atoms with Crippen molar-refractivity contribution >= 4 is 69.6 Å². The van der Waals surface area contributed by atoms with Crippen molar-refractivity contribution in [1.29, 1.82) is 0 Å². The molecule has 25 heavy (non-hydrogen) atoms. The molecule has 0 N–H and O–H groups in total. The number of carbonyl (C=O) groups excluding carboxylic acids is 2.